The van der Waals surface area contributed by atoms with Crippen LogP contribution in [0.2, 0.25) is 0 Å². The van der Waals surface area contributed by atoms with Crippen molar-refractivity contribution in [3.8, 4) is 11.5 Å². The highest BCUT2D eigenvalue weighted by atomic mass is 32.1. The van der Waals surface area contributed by atoms with Gasteiger partial charge in [0, 0.05) is 17.5 Å². The number of rotatable bonds is 10. The third-order valence-corrected chi connectivity index (χ3v) is 5.99. The van der Waals surface area contributed by atoms with Gasteiger partial charge in [-0.05, 0) is 36.2 Å². The largest absolute Gasteiger partial charge is 0.493 e. The molecular weight excluding hydrogens is 428 g/mol. The van der Waals surface area contributed by atoms with Gasteiger partial charge < -0.3 is 19.5 Å². The van der Waals surface area contributed by atoms with Crippen molar-refractivity contribution in [2.45, 2.75) is 32.4 Å². The minimum Gasteiger partial charge on any atom is -0.493 e. The Hall–Kier alpha value is -3.39. The van der Waals surface area contributed by atoms with Gasteiger partial charge in [0.1, 0.15) is 5.01 Å². The molecule has 7 nitrogen and oxygen atoms in total. The molecular formula is C24H26N2O5S. The first-order valence-corrected chi connectivity index (χ1v) is 11.1. The monoisotopic (exact) mass is 454 g/mol. The summed E-state index contributed by atoms with van der Waals surface area (Å²) in [5.41, 5.74) is 1.41. The van der Waals surface area contributed by atoms with Crippen LogP contribution in [0.4, 0.5) is 0 Å². The van der Waals surface area contributed by atoms with Crippen LogP contribution in [0.5, 0.6) is 11.5 Å². The maximum Gasteiger partial charge on any atom is 0.355 e. The molecule has 8 heteroatoms. The lowest BCUT2D eigenvalue weighted by Crippen LogP contribution is -2.34. The zero-order chi connectivity index (χ0) is 23.1. The van der Waals surface area contributed by atoms with Crippen LogP contribution >= 0.6 is 11.3 Å². The van der Waals surface area contributed by atoms with Crippen molar-refractivity contribution < 1.29 is 24.2 Å². The first kappa shape index (κ1) is 23.3. The number of methoxy groups -OCH3 is 2. The van der Waals surface area contributed by atoms with E-state index in [1.54, 1.807) is 37.3 Å². The molecule has 3 aromatic rings. The molecule has 0 aliphatic heterocycles. The molecule has 1 atom stereocenters. The molecule has 0 saturated carbocycles. The van der Waals surface area contributed by atoms with E-state index in [1.165, 1.54) is 16.7 Å². The number of amides is 1. The highest BCUT2D eigenvalue weighted by molar-refractivity contribution is 7.09. The van der Waals surface area contributed by atoms with Gasteiger partial charge in [-0.3, -0.25) is 4.79 Å². The smallest absolute Gasteiger partial charge is 0.355 e. The molecule has 0 aliphatic rings. The van der Waals surface area contributed by atoms with Crippen LogP contribution in [0.3, 0.4) is 0 Å². The topological polar surface area (TPSA) is 89.0 Å². The summed E-state index contributed by atoms with van der Waals surface area (Å²) in [4.78, 5) is 31.0. The molecule has 0 aliphatic carbocycles. The molecule has 1 heterocycles. The van der Waals surface area contributed by atoms with Gasteiger partial charge in [-0.2, -0.15) is 0 Å². The number of aromatic carboxylic acids is 1. The van der Waals surface area contributed by atoms with Crippen molar-refractivity contribution >= 4 is 23.2 Å². The van der Waals surface area contributed by atoms with Crippen LogP contribution in [0.1, 0.15) is 57.2 Å². The van der Waals surface area contributed by atoms with E-state index in [9.17, 15) is 14.7 Å². The van der Waals surface area contributed by atoms with Gasteiger partial charge in [0.15, 0.2) is 17.2 Å². The summed E-state index contributed by atoms with van der Waals surface area (Å²) in [5, 5.41) is 11.4. The van der Waals surface area contributed by atoms with E-state index in [0.29, 0.717) is 35.0 Å². The molecule has 1 amide bonds. The van der Waals surface area contributed by atoms with E-state index >= 15 is 0 Å². The fourth-order valence-electron chi connectivity index (χ4n) is 3.47. The fourth-order valence-corrected chi connectivity index (χ4v) is 4.41. The van der Waals surface area contributed by atoms with Gasteiger partial charge in [0.05, 0.1) is 20.3 Å². The van der Waals surface area contributed by atoms with E-state index < -0.39 is 5.97 Å². The molecule has 0 radical (unpaired) electrons. The number of ether oxygens (including phenoxy) is 2. The number of carboxylic acid groups (broad SMARTS) is 1. The number of thiazole rings is 1. The Morgan fingerprint density at radius 2 is 1.81 bits per heavy atom. The summed E-state index contributed by atoms with van der Waals surface area (Å²) in [6, 6.07) is 14.2. The quantitative estimate of drug-likeness (QED) is 0.462. The number of carbonyl (C=O) groups is 2. The standard InChI is InChI=1S/C24H26N2O5S/c1-4-8-19(22-25-18(15-32-22)24(28)29)26(23(27)17-9-6-5-7-10-17)14-16-11-12-20(30-2)21(13-16)31-3/h5-7,9-13,15,19H,4,8,14H2,1-3H3,(H,28,29). The van der Waals surface area contributed by atoms with Crippen LogP contribution in [-0.2, 0) is 6.54 Å². The summed E-state index contributed by atoms with van der Waals surface area (Å²) in [6.07, 6.45) is 1.45. The summed E-state index contributed by atoms with van der Waals surface area (Å²) >= 11 is 1.26. The zero-order valence-corrected chi connectivity index (χ0v) is 19.1. The van der Waals surface area contributed by atoms with Crippen LogP contribution in [-0.4, -0.2) is 41.1 Å². The maximum absolute atomic E-state index is 13.6. The predicted molar refractivity (Wildman–Crippen MR) is 123 cm³/mol. The molecule has 2 aromatic carbocycles. The van der Waals surface area contributed by atoms with Gasteiger partial charge in [0.25, 0.3) is 5.91 Å². The number of benzene rings is 2. The number of carbonyl (C=O) groups excluding carboxylic acids is 1. The van der Waals surface area contributed by atoms with Crippen molar-refractivity contribution in [1.29, 1.82) is 0 Å². The molecule has 1 N–H and O–H groups in total. The molecule has 168 valence electrons. The van der Waals surface area contributed by atoms with E-state index in [2.05, 4.69) is 4.98 Å². The highest BCUT2D eigenvalue weighted by Gasteiger charge is 2.29. The first-order chi connectivity index (χ1) is 15.5. The van der Waals surface area contributed by atoms with Crippen molar-refractivity contribution in [2.75, 3.05) is 14.2 Å². The minimum atomic E-state index is -1.08. The number of aromatic nitrogens is 1. The fraction of sp³-hybridized carbons (Fsp3) is 0.292. The average Bonchev–Trinajstić information content (AvgIpc) is 3.31. The summed E-state index contributed by atoms with van der Waals surface area (Å²) in [5.74, 6) is -0.0469. The Balaban J connectivity index is 2.03. The molecule has 0 saturated heterocycles. The summed E-state index contributed by atoms with van der Waals surface area (Å²) < 4.78 is 10.7. The van der Waals surface area contributed by atoms with E-state index in [0.717, 1.165) is 12.0 Å². The lowest BCUT2D eigenvalue weighted by Gasteiger charge is -2.31. The number of nitrogens with zero attached hydrogens (tertiary/aromatic N) is 2. The van der Waals surface area contributed by atoms with Crippen LogP contribution in [0.25, 0.3) is 0 Å². The van der Waals surface area contributed by atoms with Gasteiger partial charge >= 0.3 is 5.97 Å². The van der Waals surface area contributed by atoms with Crippen molar-refractivity contribution in [3.63, 3.8) is 0 Å². The number of hydrogen-bond acceptors (Lipinski definition) is 6. The van der Waals surface area contributed by atoms with Gasteiger partial charge in [0.2, 0.25) is 0 Å². The van der Waals surface area contributed by atoms with E-state index in [1.807, 2.05) is 37.3 Å². The molecule has 0 bridgehead atoms. The molecule has 1 aromatic heterocycles. The maximum atomic E-state index is 13.6. The molecule has 32 heavy (non-hydrogen) atoms. The van der Waals surface area contributed by atoms with Crippen molar-refractivity contribution in [1.82, 2.24) is 9.88 Å². The second kappa shape index (κ2) is 10.8. The Morgan fingerprint density at radius 3 is 2.41 bits per heavy atom. The van der Waals surface area contributed by atoms with Gasteiger partial charge in [-0.15, -0.1) is 11.3 Å². The van der Waals surface area contributed by atoms with Gasteiger partial charge in [-0.1, -0.05) is 37.6 Å². The molecule has 0 fully saturated rings. The summed E-state index contributed by atoms with van der Waals surface area (Å²) in [6.45, 7) is 2.33. The van der Waals surface area contributed by atoms with Crippen molar-refractivity contribution in [3.05, 3.63) is 75.7 Å². The predicted octanol–water partition coefficient (Wildman–Crippen LogP) is 5.04. The second-order valence-electron chi connectivity index (χ2n) is 7.17. The Morgan fingerprint density at radius 1 is 1.09 bits per heavy atom. The third-order valence-electron chi connectivity index (χ3n) is 5.05. The van der Waals surface area contributed by atoms with Gasteiger partial charge in [-0.25, -0.2) is 9.78 Å². The zero-order valence-electron chi connectivity index (χ0n) is 18.3. The second-order valence-corrected chi connectivity index (χ2v) is 8.06. The normalized spacial score (nSPS) is 11.6. The van der Waals surface area contributed by atoms with Crippen LogP contribution < -0.4 is 9.47 Å². The third kappa shape index (κ3) is 5.26. The minimum absolute atomic E-state index is 0.00988. The Bertz CT molecular complexity index is 1070. The summed E-state index contributed by atoms with van der Waals surface area (Å²) in [7, 11) is 3.14. The number of carboxylic acids is 1. The first-order valence-electron chi connectivity index (χ1n) is 10.2. The Kier molecular flexibility index (Phi) is 7.83. The van der Waals surface area contributed by atoms with Crippen LogP contribution in [0.15, 0.2) is 53.9 Å². The molecule has 0 spiro atoms. The lowest BCUT2D eigenvalue weighted by atomic mass is 10.1. The molecule has 1 unspecified atom stereocenters. The van der Waals surface area contributed by atoms with E-state index in [4.69, 9.17) is 9.47 Å². The van der Waals surface area contributed by atoms with Crippen molar-refractivity contribution in [2.24, 2.45) is 0 Å². The highest BCUT2D eigenvalue weighted by Crippen LogP contribution is 2.33. The van der Waals surface area contributed by atoms with Crippen LogP contribution in [0, 0.1) is 0 Å². The number of hydrogen-bond donors (Lipinski definition) is 1. The van der Waals surface area contributed by atoms with E-state index in [-0.39, 0.29) is 17.6 Å². The molecule has 3 rings (SSSR count). The average molecular weight is 455 g/mol. The Labute approximate surface area is 191 Å². The SMILES string of the molecule is CCCC(c1nc(C(=O)O)cs1)N(Cc1ccc(OC)c(OC)c1)C(=O)c1ccccc1. The lowest BCUT2D eigenvalue weighted by molar-refractivity contribution is 0.0646.